The molecule has 0 unspecified atom stereocenters. The Morgan fingerprint density at radius 1 is 1.20 bits per heavy atom. The zero-order valence-corrected chi connectivity index (χ0v) is 15.3. The summed E-state index contributed by atoms with van der Waals surface area (Å²) in [7, 11) is 1.61. The van der Waals surface area contributed by atoms with Crippen molar-refractivity contribution in [3.63, 3.8) is 0 Å². The van der Waals surface area contributed by atoms with Crippen LogP contribution in [-0.4, -0.2) is 36.4 Å². The second-order valence-corrected chi connectivity index (χ2v) is 7.50. The third-order valence-corrected chi connectivity index (χ3v) is 5.95. The van der Waals surface area contributed by atoms with Crippen molar-refractivity contribution in [1.82, 2.24) is 4.90 Å². The Morgan fingerprint density at radius 2 is 1.92 bits per heavy atom. The van der Waals surface area contributed by atoms with Crippen LogP contribution in [0.1, 0.15) is 39.5 Å². The van der Waals surface area contributed by atoms with Crippen LogP contribution in [0.2, 0.25) is 0 Å². The summed E-state index contributed by atoms with van der Waals surface area (Å²) >= 11 is 0. The molecule has 1 saturated heterocycles. The molecule has 1 saturated carbocycles. The number of ether oxygens (including phenoxy) is 1. The molecule has 1 aliphatic heterocycles. The molecule has 2 aliphatic rings. The second-order valence-electron chi connectivity index (χ2n) is 7.50. The first-order valence-electron chi connectivity index (χ1n) is 9.24. The molecule has 3 rings (SSSR count). The maximum Gasteiger partial charge on any atom is 0.229 e. The van der Waals surface area contributed by atoms with Gasteiger partial charge in [0.1, 0.15) is 5.75 Å². The first-order valence-corrected chi connectivity index (χ1v) is 9.24. The lowest BCUT2D eigenvalue weighted by atomic mass is 9.77. The summed E-state index contributed by atoms with van der Waals surface area (Å²) in [5.74, 6) is 1.68. The van der Waals surface area contributed by atoms with Crippen molar-refractivity contribution in [2.75, 3.05) is 19.0 Å². The zero-order chi connectivity index (χ0) is 18.0. The Balaban J connectivity index is 1.62. The van der Waals surface area contributed by atoms with E-state index in [4.69, 9.17) is 4.74 Å². The molecule has 5 nitrogen and oxygen atoms in total. The van der Waals surface area contributed by atoms with E-state index in [1.54, 1.807) is 7.11 Å². The van der Waals surface area contributed by atoms with Crippen molar-refractivity contribution in [1.29, 1.82) is 0 Å². The number of hydrogen-bond donors (Lipinski definition) is 1. The molecule has 2 amide bonds. The molecule has 0 spiro atoms. The van der Waals surface area contributed by atoms with Crippen molar-refractivity contribution in [2.24, 2.45) is 17.8 Å². The lowest BCUT2D eigenvalue weighted by molar-refractivity contribution is -0.131. The predicted molar refractivity (Wildman–Crippen MR) is 97.4 cm³/mol. The number of carbonyl (C=O) groups excluding carboxylic acids is 2. The van der Waals surface area contributed by atoms with Crippen LogP contribution in [0.5, 0.6) is 5.75 Å². The van der Waals surface area contributed by atoms with Crippen molar-refractivity contribution >= 4 is 17.5 Å². The Kier molecular flexibility index (Phi) is 5.30. The van der Waals surface area contributed by atoms with E-state index in [-0.39, 0.29) is 23.8 Å². The minimum atomic E-state index is -0.265. The number of rotatable bonds is 4. The van der Waals surface area contributed by atoms with Crippen LogP contribution in [0.3, 0.4) is 0 Å². The Morgan fingerprint density at radius 3 is 2.60 bits per heavy atom. The van der Waals surface area contributed by atoms with Crippen molar-refractivity contribution in [3.8, 4) is 5.75 Å². The van der Waals surface area contributed by atoms with E-state index < -0.39 is 0 Å². The monoisotopic (exact) mass is 344 g/mol. The van der Waals surface area contributed by atoms with E-state index in [0.717, 1.165) is 17.9 Å². The number of anilines is 1. The summed E-state index contributed by atoms with van der Waals surface area (Å²) < 4.78 is 5.12. The average molecular weight is 344 g/mol. The Hall–Kier alpha value is -2.04. The molecule has 136 valence electrons. The number of carbonyl (C=O) groups is 2. The highest BCUT2D eigenvalue weighted by atomic mass is 16.5. The normalized spacial score (nSPS) is 29.6. The minimum Gasteiger partial charge on any atom is -0.497 e. The fraction of sp³-hybridized carbons (Fsp3) is 0.600. The van der Waals surface area contributed by atoms with Gasteiger partial charge in [0.2, 0.25) is 11.8 Å². The van der Waals surface area contributed by atoms with E-state index >= 15 is 0 Å². The maximum absolute atomic E-state index is 12.6. The van der Waals surface area contributed by atoms with E-state index in [9.17, 15) is 9.59 Å². The molecule has 1 N–H and O–H groups in total. The first kappa shape index (κ1) is 17.8. The van der Waals surface area contributed by atoms with E-state index in [1.807, 2.05) is 29.2 Å². The highest BCUT2D eigenvalue weighted by Crippen LogP contribution is 2.36. The van der Waals surface area contributed by atoms with Gasteiger partial charge in [-0.2, -0.15) is 0 Å². The topological polar surface area (TPSA) is 58.6 Å². The average Bonchev–Trinajstić information content (AvgIpc) is 3.00. The van der Waals surface area contributed by atoms with Crippen LogP contribution >= 0.6 is 0 Å². The van der Waals surface area contributed by atoms with Crippen LogP contribution in [0.4, 0.5) is 5.69 Å². The lowest BCUT2D eigenvalue weighted by Crippen LogP contribution is -2.45. The fourth-order valence-corrected chi connectivity index (χ4v) is 4.14. The number of hydrogen-bond acceptors (Lipinski definition) is 3. The fourth-order valence-electron chi connectivity index (χ4n) is 4.14. The number of nitrogens with one attached hydrogen (secondary N) is 1. The quantitative estimate of drug-likeness (QED) is 0.912. The molecular weight excluding hydrogens is 316 g/mol. The molecule has 2 fully saturated rings. The van der Waals surface area contributed by atoms with Gasteiger partial charge < -0.3 is 15.0 Å². The largest absolute Gasteiger partial charge is 0.497 e. The van der Waals surface area contributed by atoms with Gasteiger partial charge in [0.15, 0.2) is 0 Å². The minimum absolute atomic E-state index is 0.0717. The smallest absolute Gasteiger partial charge is 0.229 e. The molecule has 4 atom stereocenters. The molecule has 1 aromatic rings. The third-order valence-electron chi connectivity index (χ3n) is 5.95. The zero-order valence-electron chi connectivity index (χ0n) is 15.3. The van der Waals surface area contributed by atoms with Gasteiger partial charge in [-0.1, -0.05) is 26.7 Å². The number of likely N-dealkylation sites (tertiary alicyclic amines) is 1. The predicted octanol–water partition coefficient (Wildman–Crippen LogP) is 3.31. The summed E-state index contributed by atoms with van der Waals surface area (Å²) in [6.45, 7) is 5.06. The summed E-state index contributed by atoms with van der Waals surface area (Å²) in [5.41, 5.74) is 0.733. The van der Waals surface area contributed by atoms with Gasteiger partial charge in [-0.3, -0.25) is 9.59 Å². The van der Waals surface area contributed by atoms with Gasteiger partial charge in [-0.05, 0) is 42.5 Å². The van der Waals surface area contributed by atoms with Crippen LogP contribution in [0.15, 0.2) is 24.3 Å². The Bertz CT molecular complexity index is 628. The van der Waals surface area contributed by atoms with Gasteiger partial charge >= 0.3 is 0 Å². The number of methoxy groups -OCH3 is 1. The number of nitrogens with zero attached hydrogens (tertiary/aromatic N) is 1. The van der Waals surface area contributed by atoms with Crippen molar-refractivity contribution in [3.05, 3.63) is 24.3 Å². The van der Waals surface area contributed by atoms with Gasteiger partial charge in [-0.25, -0.2) is 0 Å². The van der Waals surface area contributed by atoms with E-state index in [1.165, 1.54) is 12.8 Å². The number of benzene rings is 1. The van der Waals surface area contributed by atoms with Crippen LogP contribution < -0.4 is 10.1 Å². The van der Waals surface area contributed by atoms with Crippen molar-refractivity contribution < 1.29 is 14.3 Å². The third kappa shape index (κ3) is 3.80. The maximum atomic E-state index is 12.6. The molecule has 0 radical (unpaired) electrons. The van der Waals surface area contributed by atoms with Gasteiger partial charge in [-0.15, -0.1) is 0 Å². The summed E-state index contributed by atoms with van der Waals surface area (Å²) in [6, 6.07) is 7.54. The van der Waals surface area contributed by atoms with Crippen LogP contribution in [0.25, 0.3) is 0 Å². The summed E-state index contributed by atoms with van der Waals surface area (Å²) in [6.07, 6.45) is 3.79. The SMILES string of the molecule is COc1ccc(NC(=O)[C@@H]2CC(=O)N([C@@H]3CCC[C@H](C)[C@H]3C)C2)cc1. The first-order chi connectivity index (χ1) is 12.0. The molecule has 1 aromatic carbocycles. The second kappa shape index (κ2) is 7.46. The van der Waals surface area contributed by atoms with Gasteiger partial charge in [0.25, 0.3) is 0 Å². The standard InChI is InChI=1S/C20H28N2O3/c1-13-5-4-6-18(14(13)2)22-12-15(11-19(22)23)20(24)21-16-7-9-17(25-3)10-8-16/h7-10,13-15,18H,4-6,11-12H2,1-3H3,(H,21,24)/t13-,14+,15+,18+/m0/s1. The molecule has 1 heterocycles. The van der Waals surface area contributed by atoms with Gasteiger partial charge in [0, 0.05) is 24.7 Å². The van der Waals surface area contributed by atoms with E-state index in [2.05, 4.69) is 19.2 Å². The molecule has 25 heavy (non-hydrogen) atoms. The van der Waals surface area contributed by atoms with Gasteiger partial charge in [0.05, 0.1) is 13.0 Å². The highest BCUT2D eigenvalue weighted by Gasteiger charge is 2.41. The van der Waals surface area contributed by atoms with Crippen LogP contribution in [0, 0.1) is 17.8 Å². The Labute approximate surface area is 149 Å². The molecule has 1 aliphatic carbocycles. The van der Waals surface area contributed by atoms with Crippen molar-refractivity contribution in [2.45, 2.75) is 45.6 Å². The molecule has 0 bridgehead atoms. The summed E-state index contributed by atoms with van der Waals surface area (Å²) in [5, 5.41) is 2.93. The molecular formula is C20H28N2O3. The summed E-state index contributed by atoms with van der Waals surface area (Å²) in [4.78, 5) is 27.0. The molecule has 0 aromatic heterocycles. The van der Waals surface area contributed by atoms with E-state index in [0.29, 0.717) is 24.8 Å². The molecule has 5 heteroatoms. The number of amides is 2. The highest BCUT2D eigenvalue weighted by molar-refractivity contribution is 5.97. The van der Waals surface area contributed by atoms with Crippen LogP contribution in [-0.2, 0) is 9.59 Å². The lowest BCUT2D eigenvalue weighted by Gasteiger charge is -2.40.